The maximum absolute atomic E-state index is 13.7. The Kier molecular flexibility index (Phi) is 4.94. The number of nitrogens with two attached hydrogens (primary N) is 1. The van der Waals surface area contributed by atoms with Crippen LogP contribution in [0.5, 0.6) is 0 Å². The molecule has 0 saturated heterocycles. The highest BCUT2D eigenvalue weighted by atomic mass is 19.1. The van der Waals surface area contributed by atoms with E-state index in [-0.39, 0.29) is 11.9 Å². The van der Waals surface area contributed by atoms with E-state index in [9.17, 15) is 4.39 Å². The van der Waals surface area contributed by atoms with Crippen LogP contribution in [-0.2, 0) is 0 Å². The van der Waals surface area contributed by atoms with Crippen LogP contribution in [0.1, 0.15) is 49.3 Å². The second-order valence-electron chi connectivity index (χ2n) is 5.72. The summed E-state index contributed by atoms with van der Waals surface area (Å²) in [6.45, 7) is 2.33. The van der Waals surface area contributed by atoms with Crippen LogP contribution in [0.4, 0.5) is 4.39 Å². The van der Waals surface area contributed by atoms with Crippen molar-refractivity contribution in [3.63, 3.8) is 0 Å². The first-order valence-corrected chi connectivity index (χ1v) is 7.31. The highest BCUT2D eigenvalue weighted by molar-refractivity contribution is 5.26. The van der Waals surface area contributed by atoms with Gasteiger partial charge in [-0.05, 0) is 44.0 Å². The van der Waals surface area contributed by atoms with Crippen molar-refractivity contribution in [3.05, 3.63) is 35.1 Å². The number of rotatable bonds is 4. The average Bonchev–Trinajstić information content (AvgIpc) is 2.44. The van der Waals surface area contributed by atoms with E-state index < -0.39 is 0 Å². The van der Waals surface area contributed by atoms with Gasteiger partial charge in [0.05, 0.1) is 0 Å². The van der Waals surface area contributed by atoms with Crippen molar-refractivity contribution in [2.45, 2.75) is 51.1 Å². The lowest BCUT2D eigenvalue weighted by atomic mass is 9.92. The van der Waals surface area contributed by atoms with E-state index in [4.69, 9.17) is 5.73 Å². The Morgan fingerprint density at radius 2 is 2.00 bits per heavy atom. The summed E-state index contributed by atoms with van der Waals surface area (Å²) in [5.41, 5.74) is 7.63. The van der Waals surface area contributed by atoms with Crippen molar-refractivity contribution >= 4 is 0 Å². The van der Waals surface area contributed by atoms with Gasteiger partial charge in [0.15, 0.2) is 0 Å². The van der Waals surface area contributed by atoms with Gasteiger partial charge in [-0.2, -0.15) is 0 Å². The lowest BCUT2D eigenvalue weighted by Crippen LogP contribution is -2.39. The highest BCUT2D eigenvalue weighted by Gasteiger charge is 2.25. The minimum atomic E-state index is -0.131. The monoisotopic (exact) mass is 264 g/mol. The third-order valence-electron chi connectivity index (χ3n) is 4.45. The normalized spacial score (nSPS) is 18.8. The number of hydrogen-bond donors (Lipinski definition) is 1. The first-order valence-electron chi connectivity index (χ1n) is 7.31. The fraction of sp³-hybridized carbons (Fsp3) is 0.625. The molecule has 0 aromatic heterocycles. The Labute approximate surface area is 115 Å². The molecule has 2 nitrogen and oxygen atoms in total. The summed E-state index contributed by atoms with van der Waals surface area (Å²) < 4.78 is 13.7. The zero-order valence-electron chi connectivity index (χ0n) is 12.0. The Morgan fingerprint density at radius 1 is 1.32 bits per heavy atom. The van der Waals surface area contributed by atoms with Gasteiger partial charge in [0.2, 0.25) is 0 Å². The van der Waals surface area contributed by atoms with E-state index in [0.717, 1.165) is 5.56 Å². The largest absolute Gasteiger partial charge is 0.329 e. The van der Waals surface area contributed by atoms with E-state index in [1.807, 2.05) is 12.1 Å². The lowest BCUT2D eigenvalue weighted by Gasteiger charge is -2.37. The first-order chi connectivity index (χ1) is 9.13. The summed E-state index contributed by atoms with van der Waals surface area (Å²) in [4.78, 5) is 2.35. The predicted molar refractivity (Wildman–Crippen MR) is 77.6 cm³/mol. The number of benzene rings is 1. The molecule has 1 fully saturated rings. The molecule has 3 heteroatoms. The molecule has 0 spiro atoms. The van der Waals surface area contributed by atoms with Crippen LogP contribution in [-0.4, -0.2) is 24.5 Å². The molecule has 1 aromatic rings. The number of likely N-dealkylation sites (N-methyl/N-ethyl adjacent to an activating group) is 1. The van der Waals surface area contributed by atoms with Crippen LogP contribution < -0.4 is 5.73 Å². The fourth-order valence-corrected chi connectivity index (χ4v) is 3.10. The van der Waals surface area contributed by atoms with Gasteiger partial charge in [-0.1, -0.05) is 31.4 Å². The molecule has 0 heterocycles. The smallest absolute Gasteiger partial charge is 0.126 e. The third-order valence-corrected chi connectivity index (χ3v) is 4.45. The van der Waals surface area contributed by atoms with E-state index in [2.05, 4.69) is 11.9 Å². The van der Waals surface area contributed by atoms with E-state index in [1.165, 1.54) is 32.1 Å². The van der Waals surface area contributed by atoms with Gasteiger partial charge in [-0.15, -0.1) is 0 Å². The molecular weight excluding hydrogens is 239 g/mol. The van der Waals surface area contributed by atoms with Crippen molar-refractivity contribution in [3.8, 4) is 0 Å². The Morgan fingerprint density at radius 3 is 2.58 bits per heavy atom. The number of halogens is 1. The molecular formula is C16H25FN2. The zero-order valence-corrected chi connectivity index (χ0v) is 12.0. The number of hydrogen-bond acceptors (Lipinski definition) is 2. The van der Waals surface area contributed by atoms with Crippen molar-refractivity contribution in [1.82, 2.24) is 4.90 Å². The van der Waals surface area contributed by atoms with Crippen LogP contribution >= 0.6 is 0 Å². The average molecular weight is 264 g/mol. The molecule has 1 aliphatic rings. The molecule has 19 heavy (non-hydrogen) atoms. The van der Waals surface area contributed by atoms with Crippen molar-refractivity contribution in [2.75, 3.05) is 13.6 Å². The molecule has 2 rings (SSSR count). The van der Waals surface area contributed by atoms with Crippen molar-refractivity contribution < 1.29 is 4.39 Å². The quantitative estimate of drug-likeness (QED) is 0.903. The zero-order chi connectivity index (χ0) is 13.8. The van der Waals surface area contributed by atoms with Crippen LogP contribution in [0.15, 0.2) is 18.2 Å². The lowest BCUT2D eigenvalue weighted by molar-refractivity contribution is 0.140. The van der Waals surface area contributed by atoms with Crippen LogP contribution in [0.2, 0.25) is 0 Å². The van der Waals surface area contributed by atoms with E-state index in [1.54, 1.807) is 13.0 Å². The maximum Gasteiger partial charge on any atom is 0.126 e. The van der Waals surface area contributed by atoms with Gasteiger partial charge in [0, 0.05) is 18.6 Å². The molecule has 0 aliphatic heterocycles. The minimum Gasteiger partial charge on any atom is -0.329 e. The van der Waals surface area contributed by atoms with Gasteiger partial charge >= 0.3 is 0 Å². The first kappa shape index (κ1) is 14.5. The summed E-state index contributed by atoms with van der Waals surface area (Å²) in [5, 5.41) is 0. The Bertz CT molecular complexity index is 413. The summed E-state index contributed by atoms with van der Waals surface area (Å²) in [7, 11) is 2.13. The fourth-order valence-electron chi connectivity index (χ4n) is 3.10. The molecule has 2 N–H and O–H groups in total. The predicted octanol–water partition coefficient (Wildman–Crippen LogP) is 3.40. The standard InChI is InChI=1S/C16H25FN2/c1-12-8-9-13(10-15(12)17)16(11-18)19(2)14-6-4-3-5-7-14/h8-10,14,16H,3-7,11,18H2,1-2H3. The van der Waals surface area contributed by atoms with Crippen molar-refractivity contribution in [1.29, 1.82) is 0 Å². The molecule has 0 bridgehead atoms. The number of nitrogens with zero attached hydrogens (tertiary/aromatic N) is 1. The molecule has 1 aliphatic carbocycles. The van der Waals surface area contributed by atoms with Gasteiger partial charge in [-0.3, -0.25) is 4.90 Å². The second-order valence-corrected chi connectivity index (χ2v) is 5.72. The molecule has 1 saturated carbocycles. The van der Waals surface area contributed by atoms with Crippen LogP contribution in [0.25, 0.3) is 0 Å². The molecule has 1 atom stereocenters. The van der Waals surface area contributed by atoms with Crippen LogP contribution in [0, 0.1) is 12.7 Å². The number of aryl methyl sites for hydroxylation is 1. The van der Waals surface area contributed by atoms with E-state index in [0.29, 0.717) is 18.2 Å². The second kappa shape index (κ2) is 6.49. The summed E-state index contributed by atoms with van der Waals surface area (Å²) in [6.07, 6.45) is 6.42. The summed E-state index contributed by atoms with van der Waals surface area (Å²) in [6, 6.07) is 6.22. The van der Waals surface area contributed by atoms with Gasteiger partial charge in [0.1, 0.15) is 5.82 Å². The molecule has 0 amide bonds. The highest BCUT2D eigenvalue weighted by Crippen LogP contribution is 2.29. The van der Waals surface area contributed by atoms with Crippen molar-refractivity contribution in [2.24, 2.45) is 5.73 Å². The molecule has 106 valence electrons. The Balaban J connectivity index is 2.15. The van der Waals surface area contributed by atoms with Gasteiger partial charge in [-0.25, -0.2) is 4.39 Å². The van der Waals surface area contributed by atoms with Crippen LogP contribution in [0.3, 0.4) is 0 Å². The summed E-state index contributed by atoms with van der Waals surface area (Å²) in [5.74, 6) is -0.131. The topological polar surface area (TPSA) is 29.3 Å². The van der Waals surface area contributed by atoms with Gasteiger partial charge < -0.3 is 5.73 Å². The molecule has 1 aromatic carbocycles. The SMILES string of the molecule is Cc1ccc(C(CN)N(C)C2CCCCC2)cc1F. The third kappa shape index (κ3) is 3.34. The Hall–Kier alpha value is -0.930. The maximum atomic E-state index is 13.7. The van der Waals surface area contributed by atoms with E-state index >= 15 is 0 Å². The summed E-state index contributed by atoms with van der Waals surface area (Å²) >= 11 is 0. The minimum absolute atomic E-state index is 0.123. The molecule has 1 unspecified atom stereocenters. The molecule has 0 radical (unpaired) electrons. The van der Waals surface area contributed by atoms with Gasteiger partial charge in [0.25, 0.3) is 0 Å².